The van der Waals surface area contributed by atoms with Crippen molar-refractivity contribution < 1.29 is 4.79 Å². The molecule has 0 bridgehead atoms. The summed E-state index contributed by atoms with van der Waals surface area (Å²) in [4.78, 5) is 33.2. The molecule has 0 radical (unpaired) electrons. The minimum Gasteiger partial charge on any atom is -0.336 e. The fourth-order valence-corrected chi connectivity index (χ4v) is 4.60. The molecule has 0 saturated heterocycles. The molecule has 0 fully saturated rings. The summed E-state index contributed by atoms with van der Waals surface area (Å²) in [5, 5.41) is 11.1. The predicted octanol–water partition coefficient (Wildman–Crippen LogP) is 5.82. The van der Waals surface area contributed by atoms with Crippen molar-refractivity contribution >= 4 is 34.0 Å². The van der Waals surface area contributed by atoms with E-state index in [2.05, 4.69) is 15.5 Å². The number of benzene rings is 3. The lowest BCUT2D eigenvalue weighted by atomic mass is 9.97. The zero-order chi connectivity index (χ0) is 27.0. The predicted molar refractivity (Wildman–Crippen MR) is 152 cm³/mol. The first kappa shape index (κ1) is 25.0. The Bertz CT molecular complexity index is 1700. The molecule has 8 heteroatoms. The molecule has 5 aromatic rings. The Morgan fingerprint density at radius 2 is 1.79 bits per heavy atom. The van der Waals surface area contributed by atoms with Gasteiger partial charge in [-0.3, -0.25) is 14.7 Å². The molecule has 0 unspecified atom stereocenters. The van der Waals surface area contributed by atoms with Crippen molar-refractivity contribution in [2.75, 3.05) is 10.2 Å². The molecule has 0 saturated carbocycles. The van der Waals surface area contributed by atoms with Crippen molar-refractivity contribution in [2.24, 2.45) is 7.05 Å². The van der Waals surface area contributed by atoms with E-state index in [-0.39, 0.29) is 17.3 Å². The van der Waals surface area contributed by atoms with Crippen LogP contribution in [0.2, 0.25) is 0 Å². The van der Waals surface area contributed by atoms with Gasteiger partial charge in [-0.2, -0.15) is 5.10 Å². The van der Waals surface area contributed by atoms with Crippen LogP contribution in [-0.2, 0) is 7.05 Å². The maximum atomic E-state index is 13.7. The summed E-state index contributed by atoms with van der Waals surface area (Å²) in [7, 11) is 1.70. The lowest BCUT2D eigenvalue weighted by Crippen LogP contribution is -2.46. The molecule has 0 atom stereocenters. The van der Waals surface area contributed by atoms with Crippen LogP contribution < -0.4 is 15.8 Å². The van der Waals surface area contributed by atoms with Gasteiger partial charge in [-0.25, -0.2) is 4.98 Å². The number of aromatic nitrogens is 4. The van der Waals surface area contributed by atoms with Crippen molar-refractivity contribution in [2.45, 2.75) is 33.2 Å². The number of amides is 1. The van der Waals surface area contributed by atoms with Crippen LogP contribution in [0.25, 0.3) is 22.2 Å². The molecule has 8 nitrogen and oxygen atoms in total. The van der Waals surface area contributed by atoms with Crippen LogP contribution in [0, 0.1) is 6.92 Å². The highest BCUT2D eigenvalue weighted by molar-refractivity contribution is 6.07. The lowest BCUT2D eigenvalue weighted by Gasteiger charge is -2.37. The topological polar surface area (TPSA) is 95.9 Å². The van der Waals surface area contributed by atoms with Gasteiger partial charge in [0.05, 0.1) is 17.4 Å². The highest BCUT2D eigenvalue weighted by Crippen LogP contribution is 2.34. The van der Waals surface area contributed by atoms with Crippen molar-refractivity contribution in [3.05, 3.63) is 101 Å². The molecule has 38 heavy (non-hydrogen) atoms. The fraction of sp³-hybridized carbons (Fsp3) is 0.200. The monoisotopic (exact) mass is 506 g/mol. The van der Waals surface area contributed by atoms with E-state index in [1.165, 1.54) is 4.57 Å². The van der Waals surface area contributed by atoms with Crippen molar-refractivity contribution in [3.63, 3.8) is 0 Å². The van der Waals surface area contributed by atoms with E-state index in [0.29, 0.717) is 11.3 Å². The van der Waals surface area contributed by atoms with Gasteiger partial charge in [0.2, 0.25) is 0 Å². The minimum atomic E-state index is -0.481. The second kappa shape index (κ2) is 9.63. The van der Waals surface area contributed by atoms with Crippen LogP contribution in [0.1, 0.15) is 36.7 Å². The zero-order valence-electron chi connectivity index (χ0n) is 22.1. The zero-order valence-corrected chi connectivity index (χ0v) is 22.1. The third-order valence-corrected chi connectivity index (χ3v) is 6.49. The lowest BCUT2D eigenvalue weighted by molar-refractivity contribution is 0.0965. The summed E-state index contributed by atoms with van der Waals surface area (Å²) in [6, 6.07) is 20.8. The molecule has 0 spiro atoms. The summed E-state index contributed by atoms with van der Waals surface area (Å²) < 4.78 is 1.52. The summed E-state index contributed by atoms with van der Waals surface area (Å²) in [6.07, 6.45) is 3.47. The molecule has 0 aliphatic rings. The molecule has 0 aliphatic carbocycles. The molecule has 2 heterocycles. The van der Waals surface area contributed by atoms with Crippen molar-refractivity contribution in [1.29, 1.82) is 0 Å². The first-order valence-corrected chi connectivity index (χ1v) is 12.4. The maximum absolute atomic E-state index is 13.7. The van der Waals surface area contributed by atoms with Gasteiger partial charge in [-0.15, -0.1) is 0 Å². The van der Waals surface area contributed by atoms with Crippen LogP contribution in [0.5, 0.6) is 0 Å². The number of aromatic amines is 1. The van der Waals surface area contributed by atoms with Gasteiger partial charge in [-0.1, -0.05) is 30.3 Å². The smallest absolute Gasteiger partial charge is 0.293 e. The largest absolute Gasteiger partial charge is 0.336 e. The van der Waals surface area contributed by atoms with Crippen LogP contribution >= 0.6 is 0 Å². The first-order valence-electron chi connectivity index (χ1n) is 12.4. The molecule has 3 aromatic carbocycles. The number of carbonyl (C=O) groups excluding carboxylic acids is 1. The van der Waals surface area contributed by atoms with Gasteiger partial charge in [0.25, 0.3) is 11.5 Å². The molecule has 5 rings (SSSR count). The highest BCUT2D eigenvalue weighted by atomic mass is 16.2. The molecule has 2 N–H and O–H groups in total. The first-order chi connectivity index (χ1) is 18.1. The number of rotatable bonds is 5. The number of anilines is 3. The van der Waals surface area contributed by atoms with Crippen LogP contribution in [0.15, 0.2) is 83.9 Å². The molecule has 1 amide bonds. The second-order valence-electron chi connectivity index (χ2n) is 10.3. The molecule has 2 aromatic heterocycles. The number of carbonyl (C=O) groups is 1. The standard InChI is InChI=1S/C30H30N6O2/c1-19-23(12-9-13-26(19)36(30(2,3)4)28(37)20-10-7-6-8-11-20)25-18-35(5)29(38)27(33-25)32-22-15-14-21-17-31-34-24(21)16-22/h6-18H,1-5H3,(H,31,34)(H,32,33). The van der Waals surface area contributed by atoms with Crippen LogP contribution in [0.4, 0.5) is 17.2 Å². The normalized spacial score (nSPS) is 11.5. The van der Waals surface area contributed by atoms with Gasteiger partial charge < -0.3 is 14.8 Å². The van der Waals surface area contributed by atoms with Gasteiger partial charge in [0.15, 0.2) is 5.82 Å². The Morgan fingerprint density at radius 1 is 1.03 bits per heavy atom. The number of hydrogen-bond acceptors (Lipinski definition) is 5. The summed E-state index contributed by atoms with van der Waals surface area (Å²) in [6.45, 7) is 8.03. The van der Waals surface area contributed by atoms with Crippen molar-refractivity contribution in [1.82, 2.24) is 19.7 Å². The van der Waals surface area contributed by atoms with Crippen LogP contribution in [-0.4, -0.2) is 31.2 Å². The van der Waals surface area contributed by atoms with E-state index in [4.69, 9.17) is 4.98 Å². The van der Waals surface area contributed by atoms with E-state index in [1.807, 2.05) is 99.3 Å². The Hall–Kier alpha value is -4.72. The Morgan fingerprint density at radius 3 is 2.53 bits per heavy atom. The SMILES string of the molecule is Cc1c(-c2cn(C)c(=O)c(Nc3ccc4cn[nH]c4c3)n2)cccc1N(C(=O)c1ccccc1)C(C)(C)C. The average Bonchev–Trinajstić information content (AvgIpc) is 3.35. The van der Waals surface area contributed by atoms with E-state index in [0.717, 1.165) is 33.4 Å². The molecule has 0 aliphatic heterocycles. The molecular weight excluding hydrogens is 476 g/mol. The number of nitrogens with zero attached hydrogens (tertiary/aromatic N) is 4. The number of H-pyrrole nitrogens is 1. The number of nitrogens with one attached hydrogen (secondary N) is 2. The third-order valence-electron chi connectivity index (χ3n) is 6.49. The highest BCUT2D eigenvalue weighted by Gasteiger charge is 2.30. The van der Waals surface area contributed by atoms with Gasteiger partial charge in [0, 0.05) is 46.7 Å². The number of aryl methyl sites for hydroxylation is 1. The van der Waals surface area contributed by atoms with E-state index in [9.17, 15) is 9.59 Å². The van der Waals surface area contributed by atoms with E-state index in [1.54, 1.807) is 19.4 Å². The molecular formula is C30H30N6O2. The Labute approximate surface area is 221 Å². The maximum Gasteiger partial charge on any atom is 0.293 e. The van der Waals surface area contributed by atoms with Gasteiger partial charge >= 0.3 is 0 Å². The average molecular weight is 507 g/mol. The number of hydrogen-bond donors (Lipinski definition) is 2. The summed E-state index contributed by atoms with van der Waals surface area (Å²) in [5.74, 6) is 0.130. The quantitative estimate of drug-likeness (QED) is 0.313. The number of fused-ring (bicyclic) bond motifs is 1. The van der Waals surface area contributed by atoms with Crippen LogP contribution in [0.3, 0.4) is 0 Å². The summed E-state index contributed by atoms with van der Waals surface area (Å²) in [5.41, 5.74) is 4.61. The van der Waals surface area contributed by atoms with E-state index < -0.39 is 5.54 Å². The Kier molecular flexibility index (Phi) is 6.32. The third kappa shape index (κ3) is 4.68. The second-order valence-corrected chi connectivity index (χ2v) is 10.3. The van der Waals surface area contributed by atoms with Crippen molar-refractivity contribution in [3.8, 4) is 11.3 Å². The fourth-order valence-electron chi connectivity index (χ4n) is 4.60. The minimum absolute atomic E-state index is 0.0803. The summed E-state index contributed by atoms with van der Waals surface area (Å²) >= 11 is 0. The van der Waals surface area contributed by atoms with Gasteiger partial charge in [-0.05, 0) is 69.7 Å². The Balaban J connectivity index is 1.58. The van der Waals surface area contributed by atoms with E-state index >= 15 is 0 Å². The van der Waals surface area contributed by atoms with Gasteiger partial charge in [0.1, 0.15) is 0 Å². The molecule has 192 valence electrons.